The Labute approximate surface area is 179 Å². The van der Waals surface area contributed by atoms with Crippen molar-refractivity contribution in [3.63, 3.8) is 0 Å². The minimum absolute atomic E-state index is 0. The van der Waals surface area contributed by atoms with Crippen molar-refractivity contribution >= 4 is 24.2 Å². The predicted octanol–water partition coefficient (Wildman–Crippen LogP) is 3.68. The van der Waals surface area contributed by atoms with Crippen LogP contribution in [0.15, 0.2) is 53.1 Å². The first-order chi connectivity index (χ1) is 14.0. The number of hydrogen-bond acceptors (Lipinski definition) is 6. The molecule has 0 saturated heterocycles. The Morgan fingerprint density at radius 3 is 2.43 bits per heavy atom. The van der Waals surface area contributed by atoms with Crippen LogP contribution < -0.4 is 5.73 Å². The van der Waals surface area contributed by atoms with Gasteiger partial charge >= 0.3 is 0 Å². The van der Waals surface area contributed by atoms with Crippen molar-refractivity contribution in [2.45, 2.75) is 37.8 Å². The van der Waals surface area contributed by atoms with Crippen molar-refractivity contribution in [3.05, 3.63) is 71.0 Å². The maximum absolute atomic E-state index is 12.9. The van der Waals surface area contributed by atoms with Gasteiger partial charge in [0.15, 0.2) is 5.82 Å². The number of nitrogens with two attached hydrogens (primary N) is 1. The number of rotatable bonds is 4. The summed E-state index contributed by atoms with van der Waals surface area (Å²) < 4.78 is 5.42. The second-order valence-electron chi connectivity index (χ2n) is 7.73. The van der Waals surface area contributed by atoms with Crippen molar-refractivity contribution in [2.75, 3.05) is 0 Å². The second kappa shape index (κ2) is 7.66. The number of amides is 2. The lowest BCUT2D eigenvalue weighted by molar-refractivity contribution is 0.0642. The van der Waals surface area contributed by atoms with Crippen molar-refractivity contribution in [2.24, 2.45) is 5.73 Å². The van der Waals surface area contributed by atoms with Gasteiger partial charge in [-0.2, -0.15) is 4.98 Å². The highest BCUT2D eigenvalue weighted by Crippen LogP contribution is 2.36. The zero-order valence-electron chi connectivity index (χ0n) is 16.2. The van der Waals surface area contributed by atoms with Crippen LogP contribution in [0.25, 0.3) is 11.5 Å². The molecule has 7 nitrogen and oxygen atoms in total. The van der Waals surface area contributed by atoms with Crippen molar-refractivity contribution in [1.29, 1.82) is 0 Å². The Kier molecular flexibility index (Phi) is 5.17. The molecule has 2 amide bonds. The van der Waals surface area contributed by atoms with Gasteiger partial charge in [0.2, 0.25) is 0 Å². The van der Waals surface area contributed by atoms with E-state index < -0.39 is 5.54 Å². The SMILES string of the molecule is Cl.NC1(c2noc(-c3ccc4c(c3)C(=O)N(Cc3ccccc3)C4=O)n2)CCCC1. The van der Waals surface area contributed by atoms with Crippen LogP contribution in [0.1, 0.15) is 57.8 Å². The molecule has 1 aliphatic carbocycles. The fourth-order valence-corrected chi connectivity index (χ4v) is 4.11. The van der Waals surface area contributed by atoms with Crippen LogP contribution in [0.2, 0.25) is 0 Å². The summed E-state index contributed by atoms with van der Waals surface area (Å²) in [5, 5.41) is 4.07. The third kappa shape index (κ3) is 3.30. The number of hydrogen-bond donors (Lipinski definition) is 1. The predicted molar refractivity (Wildman–Crippen MR) is 112 cm³/mol. The summed E-state index contributed by atoms with van der Waals surface area (Å²) in [6.07, 6.45) is 3.76. The molecule has 3 aromatic rings. The van der Waals surface area contributed by atoms with Crippen LogP contribution in [-0.4, -0.2) is 26.9 Å². The number of nitrogens with zero attached hydrogens (tertiary/aromatic N) is 3. The Balaban J connectivity index is 0.00000218. The van der Waals surface area contributed by atoms with Gasteiger partial charge in [-0.3, -0.25) is 14.5 Å². The highest BCUT2D eigenvalue weighted by molar-refractivity contribution is 6.21. The van der Waals surface area contributed by atoms with Crippen molar-refractivity contribution in [1.82, 2.24) is 15.0 Å². The van der Waals surface area contributed by atoms with E-state index in [9.17, 15) is 9.59 Å². The van der Waals surface area contributed by atoms with Gasteiger partial charge in [0, 0.05) is 5.56 Å². The molecule has 0 unspecified atom stereocenters. The molecule has 1 aromatic heterocycles. The smallest absolute Gasteiger partial charge is 0.261 e. The summed E-state index contributed by atoms with van der Waals surface area (Å²) in [7, 11) is 0. The standard InChI is InChI=1S/C22H20N4O3.ClH/c23-22(10-4-5-11-22)21-24-18(29-25-21)15-8-9-16-17(12-15)20(28)26(19(16)27)13-14-6-2-1-3-7-14;/h1-3,6-9,12H,4-5,10-11,13,23H2;1H. The topological polar surface area (TPSA) is 102 Å². The Morgan fingerprint density at radius 2 is 1.70 bits per heavy atom. The van der Waals surface area contributed by atoms with Gasteiger partial charge in [-0.15, -0.1) is 12.4 Å². The molecule has 2 aromatic carbocycles. The monoisotopic (exact) mass is 424 g/mol. The molecule has 1 aliphatic heterocycles. The largest absolute Gasteiger partial charge is 0.334 e. The fraction of sp³-hybridized carbons (Fsp3) is 0.273. The van der Waals surface area contributed by atoms with Gasteiger partial charge in [0.05, 0.1) is 23.2 Å². The van der Waals surface area contributed by atoms with E-state index in [-0.39, 0.29) is 30.8 Å². The van der Waals surface area contributed by atoms with Gasteiger partial charge < -0.3 is 10.3 Å². The van der Waals surface area contributed by atoms with Crippen LogP contribution in [-0.2, 0) is 12.1 Å². The normalized spacial score (nSPS) is 17.2. The summed E-state index contributed by atoms with van der Waals surface area (Å²) in [5.74, 6) is 0.194. The maximum atomic E-state index is 12.9. The van der Waals surface area contributed by atoms with Crippen molar-refractivity contribution < 1.29 is 14.1 Å². The first-order valence-corrected chi connectivity index (χ1v) is 9.73. The lowest BCUT2D eigenvalue weighted by Crippen LogP contribution is -2.34. The van der Waals surface area contributed by atoms with E-state index in [2.05, 4.69) is 10.1 Å². The molecule has 0 radical (unpaired) electrons. The van der Waals surface area contributed by atoms with Crippen LogP contribution in [0.3, 0.4) is 0 Å². The zero-order valence-corrected chi connectivity index (χ0v) is 17.0. The van der Waals surface area contributed by atoms with Crippen LogP contribution in [0.5, 0.6) is 0 Å². The molecule has 154 valence electrons. The molecule has 1 fully saturated rings. The summed E-state index contributed by atoms with van der Waals surface area (Å²) in [5.41, 5.74) is 8.10. The average molecular weight is 425 g/mol. The van der Waals surface area contributed by atoms with Gasteiger partial charge in [-0.1, -0.05) is 48.3 Å². The molecule has 2 heterocycles. The number of imide groups is 1. The number of carbonyl (C=O) groups excluding carboxylic acids is 2. The summed E-state index contributed by atoms with van der Waals surface area (Å²) >= 11 is 0. The van der Waals surface area contributed by atoms with Gasteiger partial charge in [0.1, 0.15) is 0 Å². The molecule has 0 atom stereocenters. The average Bonchev–Trinajstić information content (AvgIpc) is 3.46. The number of fused-ring (bicyclic) bond motifs is 1. The number of benzene rings is 2. The molecule has 2 N–H and O–H groups in total. The third-order valence-corrected chi connectivity index (χ3v) is 5.77. The van der Waals surface area contributed by atoms with E-state index >= 15 is 0 Å². The second-order valence-corrected chi connectivity index (χ2v) is 7.73. The van der Waals surface area contributed by atoms with E-state index in [1.165, 1.54) is 4.90 Å². The minimum Gasteiger partial charge on any atom is -0.334 e. The first kappa shape index (κ1) is 20.3. The summed E-state index contributed by atoms with van der Waals surface area (Å²) in [4.78, 5) is 31.3. The maximum Gasteiger partial charge on any atom is 0.261 e. The van der Waals surface area contributed by atoms with E-state index in [0.29, 0.717) is 28.4 Å². The molecule has 5 rings (SSSR count). The Hall–Kier alpha value is -3.03. The van der Waals surface area contributed by atoms with E-state index in [0.717, 1.165) is 31.2 Å². The Morgan fingerprint density at radius 1 is 1.00 bits per heavy atom. The van der Waals surface area contributed by atoms with Gasteiger partial charge in [-0.25, -0.2) is 0 Å². The van der Waals surface area contributed by atoms with E-state index in [1.54, 1.807) is 18.2 Å². The van der Waals surface area contributed by atoms with Gasteiger partial charge in [0.25, 0.3) is 17.7 Å². The van der Waals surface area contributed by atoms with Crippen molar-refractivity contribution in [3.8, 4) is 11.5 Å². The lowest BCUT2D eigenvalue weighted by Gasteiger charge is -2.17. The van der Waals surface area contributed by atoms with Crippen LogP contribution in [0, 0.1) is 0 Å². The summed E-state index contributed by atoms with van der Waals surface area (Å²) in [6.45, 7) is 0.239. The number of carbonyl (C=O) groups is 2. The van der Waals surface area contributed by atoms with Gasteiger partial charge in [-0.05, 0) is 36.6 Å². The zero-order chi connectivity index (χ0) is 20.0. The quantitative estimate of drug-likeness (QED) is 0.641. The van der Waals surface area contributed by atoms with E-state index in [1.807, 2.05) is 30.3 Å². The minimum atomic E-state index is -0.545. The van der Waals surface area contributed by atoms with Crippen LogP contribution >= 0.6 is 12.4 Å². The lowest BCUT2D eigenvalue weighted by atomic mass is 9.98. The molecular weight excluding hydrogens is 404 g/mol. The molecule has 8 heteroatoms. The molecule has 1 saturated carbocycles. The molecular formula is C22H21ClN4O3. The van der Waals surface area contributed by atoms with E-state index in [4.69, 9.17) is 10.3 Å². The summed E-state index contributed by atoms with van der Waals surface area (Å²) in [6, 6.07) is 14.5. The fourth-order valence-electron chi connectivity index (χ4n) is 4.11. The molecule has 2 aliphatic rings. The third-order valence-electron chi connectivity index (χ3n) is 5.77. The Bertz CT molecular complexity index is 1110. The molecule has 0 bridgehead atoms. The first-order valence-electron chi connectivity index (χ1n) is 9.73. The number of halogens is 1. The number of aromatic nitrogens is 2. The molecule has 30 heavy (non-hydrogen) atoms. The highest BCUT2D eigenvalue weighted by Gasteiger charge is 2.38. The molecule has 0 spiro atoms. The van der Waals surface area contributed by atoms with Crippen LogP contribution in [0.4, 0.5) is 0 Å². The highest BCUT2D eigenvalue weighted by atomic mass is 35.5.